The van der Waals surface area contributed by atoms with E-state index in [1.807, 2.05) is 13.0 Å². The summed E-state index contributed by atoms with van der Waals surface area (Å²) in [4.78, 5) is 1.20. The standard InChI is InChI=1S/C11H19NOS/c1-8(12)10(13-11(2,3)4)9-6-5-7-14-9/h5-8,10H,12H2,1-4H3. The topological polar surface area (TPSA) is 35.2 Å². The van der Waals surface area contributed by atoms with Crippen LogP contribution < -0.4 is 5.73 Å². The molecule has 0 aromatic carbocycles. The van der Waals surface area contributed by atoms with E-state index in [1.54, 1.807) is 11.3 Å². The Morgan fingerprint density at radius 2 is 2.07 bits per heavy atom. The van der Waals surface area contributed by atoms with Crippen LogP contribution in [0.15, 0.2) is 17.5 Å². The average molecular weight is 213 g/mol. The van der Waals surface area contributed by atoms with Gasteiger partial charge in [0.05, 0.1) is 5.60 Å². The van der Waals surface area contributed by atoms with Gasteiger partial charge in [-0.15, -0.1) is 11.3 Å². The van der Waals surface area contributed by atoms with Gasteiger partial charge in [-0.3, -0.25) is 0 Å². The first-order valence-electron chi connectivity index (χ1n) is 4.87. The fourth-order valence-electron chi connectivity index (χ4n) is 1.26. The molecule has 14 heavy (non-hydrogen) atoms. The highest BCUT2D eigenvalue weighted by molar-refractivity contribution is 7.10. The van der Waals surface area contributed by atoms with Gasteiger partial charge in [0.25, 0.3) is 0 Å². The van der Waals surface area contributed by atoms with E-state index in [-0.39, 0.29) is 17.7 Å². The van der Waals surface area contributed by atoms with E-state index in [4.69, 9.17) is 10.5 Å². The van der Waals surface area contributed by atoms with Crippen LogP contribution in [0.25, 0.3) is 0 Å². The minimum Gasteiger partial charge on any atom is -0.365 e. The van der Waals surface area contributed by atoms with Crippen LogP contribution in [0.5, 0.6) is 0 Å². The van der Waals surface area contributed by atoms with E-state index >= 15 is 0 Å². The number of hydrogen-bond acceptors (Lipinski definition) is 3. The summed E-state index contributed by atoms with van der Waals surface area (Å²) in [7, 11) is 0. The van der Waals surface area contributed by atoms with Crippen molar-refractivity contribution in [3.05, 3.63) is 22.4 Å². The van der Waals surface area contributed by atoms with Crippen molar-refractivity contribution in [2.75, 3.05) is 0 Å². The van der Waals surface area contributed by atoms with Gasteiger partial charge in [0.1, 0.15) is 6.10 Å². The maximum absolute atomic E-state index is 5.93. The maximum Gasteiger partial charge on any atom is 0.107 e. The molecule has 2 nitrogen and oxygen atoms in total. The van der Waals surface area contributed by atoms with Crippen molar-refractivity contribution in [2.24, 2.45) is 5.73 Å². The zero-order valence-electron chi connectivity index (χ0n) is 9.28. The highest BCUT2D eigenvalue weighted by atomic mass is 32.1. The second-order valence-corrected chi connectivity index (χ2v) is 5.50. The molecule has 0 radical (unpaired) electrons. The molecular formula is C11H19NOS. The van der Waals surface area contributed by atoms with Crippen LogP contribution in [-0.2, 0) is 4.74 Å². The normalized spacial score (nSPS) is 16.6. The molecule has 0 fully saturated rings. The van der Waals surface area contributed by atoms with Crippen molar-refractivity contribution >= 4 is 11.3 Å². The molecule has 1 aromatic rings. The summed E-state index contributed by atoms with van der Waals surface area (Å²) in [6.45, 7) is 8.14. The minimum absolute atomic E-state index is 0.00926. The Bertz CT molecular complexity index is 261. The summed E-state index contributed by atoms with van der Waals surface area (Å²) in [6, 6.07) is 4.12. The van der Waals surface area contributed by atoms with Crippen LogP contribution >= 0.6 is 11.3 Å². The van der Waals surface area contributed by atoms with Crippen molar-refractivity contribution in [3.8, 4) is 0 Å². The maximum atomic E-state index is 5.93. The van der Waals surface area contributed by atoms with E-state index in [1.165, 1.54) is 4.88 Å². The second kappa shape index (κ2) is 4.43. The smallest absolute Gasteiger partial charge is 0.107 e. The first-order chi connectivity index (χ1) is 6.40. The molecule has 1 aromatic heterocycles. The highest BCUT2D eigenvalue weighted by Gasteiger charge is 2.24. The van der Waals surface area contributed by atoms with Gasteiger partial charge in [-0.1, -0.05) is 6.07 Å². The van der Waals surface area contributed by atoms with Gasteiger partial charge in [0, 0.05) is 10.9 Å². The van der Waals surface area contributed by atoms with Crippen molar-refractivity contribution in [3.63, 3.8) is 0 Å². The third kappa shape index (κ3) is 3.40. The molecule has 80 valence electrons. The molecule has 0 aliphatic carbocycles. The van der Waals surface area contributed by atoms with Crippen molar-refractivity contribution < 1.29 is 4.74 Å². The Morgan fingerprint density at radius 3 is 2.43 bits per heavy atom. The number of rotatable bonds is 3. The van der Waals surface area contributed by atoms with Crippen molar-refractivity contribution in [1.82, 2.24) is 0 Å². The number of ether oxygens (including phenoxy) is 1. The molecule has 2 unspecified atom stereocenters. The van der Waals surface area contributed by atoms with Crippen LogP contribution in [0.4, 0.5) is 0 Å². The van der Waals surface area contributed by atoms with Crippen LogP contribution in [0, 0.1) is 0 Å². The molecule has 0 aliphatic rings. The van der Waals surface area contributed by atoms with E-state index in [2.05, 4.69) is 32.2 Å². The average Bonchev–Trinajstić information content (AvgIpc) is 2.49. The largest absolute Gasteiger partial charge is 0.365 e. The lowest BCUT2D eigenvalue weighted by molar-refractivity contribution is -0.0685. The molecule has 1 heterocycles. The van der Waals surface area contributed by atoms with Crippen molar-refractivity contribution in [1.29, 1.82) is 0 Å². The van der Waals surface area contributed by atoms with Gasteiger partial charge >= 0.3 is 0 Å². The third-order valence-corrected chi connectivity index (χ3v) is 2.72. The summed E-state index contributed by atoms with van der Waals surface area (Å²) >= 11 is 1.70. The number of hydrogen-bond donors (Lipinski definition) is 1. The van der Waals surface area contributed by atoms with Gasteiger partial charge in [-0.25, -0.2) is 0 Å². The molecule has 0 aliphatic heterocycles. The van der Waals surface area contributed by atoms with E-state index in [0.717, 1.165) is 0 Å². The summed E-state index contributed by atoms with van der Waals surface area (Å²) in [6.07, 6.45) is 0.00926. The summed E-state index contributed by atoms with van der Waals surface area (Å²) in [5.41, 5.74) is 5.77. The molecule has 2 N–H and O–H groups in total. The lowest BCUT2D eigenvalue weighted by Crippen LogP contribution is -2.32. The Hall–Kier alpha value is -0.380. The quantitative estimate of drug-likeness (QED) is 0.838. The highest BCUT2D eigenvalue weighted by Crippen LogP contribution is 2.29. The van der Waals surface area contributed by atoms with Gasteiger partial charge in [0.2, 0.25) is 0 Å². The summed E-state index contributed by atoms with van der Waals surface area (Å²) < 4.78 is 5.93. The zero-order chi connectivity index (χ0) is 10.8. The zero-order valence-corrected chi connectivity index (χ0v) is 10.1. The first kappa shape index (κ1) is 11.7. The predicted octanol–water partition coefficient (Wildman–Crippen LogP) is 2.95. The Morgan fingerprint density at radius 1 is 1.43 bits per heavy atom. The molecular weight excluding hydrogens is 194 g/mol. The lowest BCUT2D eigenvalue weighted by Gasteiger charge is -2.29. The first-order valence-corrected chi connectivity index (χ1v) is 5.75. The fraction of sp³-hybridized carbons (Fsp3) is 0.636. The second-order valence-electron chi connectivity index (χ2n) is 4.53. The monoisotopic (exact) mass is 213 g/mol. The third-order valence-electron chi connectivity index (χ3n) is 1.78. The molecule has 0 amide bonds. The molecule has 2 atom stereocenters. The van der Waals surface area contributed by atoms with Gasteiger partial charge in [0.15, 0.2) is 0 Å². The molecule has 1 rings (SSSR count). The summed E-state index contributed by atoms with van der Waals surface area (Å²) in [5, 5.41) is 2.05. The molecule has 0 saturated heterocycles. The van der Waals surface area contributed by atoms with Gasteiger partial charge in [-0.05, 0) is 39.1 Å². The Kier molecular flexibility index (Phi) is 3.70. The minimum atomic E-state index is -0.151. The van der Waals surface area contributed by atoms with Crippen LogP contribution in [-0.4, -0.2) is 11.6 Å². The number of thiophene rings is 1. The van der Waals surface area contributed by atoms with Gasteiger partial charge < -0.3 is 10.5 Å². The SMILES string of the molecule is CC(N)C(OC(C)(C)C)c1cccs1. The number of nitrogens with two attached hydrogens (primary N) is 1. The predicted molar refractivity (Wildman–Crippen MR) is 61.5 cm³/mol. The van der Waals surface area contributed by atoms with Crippen molar-refractivity contribution in [2.45, 2.75) is 45.4 Å². The van der Waals surface area contributed by atoms with E-state index in [9.17, 15) is 0 Å². The summed E-state index contributed by atoms with van der Waals surface area (Å²) in [5.74, 6) is 0. The van der Waals surface area contributed by atoms with Gasteiger partial charge in [-0.2, -0.15) is 0 Å². The van der Waals surface area contributed by atoms with Crippen LogP contribution in [0.3, 0.4) is 0 Å². The lowest BCUT2D eigenvalue weighted by atomic mass is 10.1. The van der Waals surface area contributed by atoms with Crippen LogP contribution in [0.2, 0.25) is 0 Å². The molecule has 0 spiro atoms. The molecule has 3 heteroatoms. The van der Waals surface area contributed by atoms with Crippen LogP contribution in [0.1, 0.15) is 38.7 Å². The molecule has 0 bridgehead atoms. The molecule has 0 saturated carbocycles. The van der Waals surface area contributed by atoms with E-state index < -0.39 is 0 Å². The fourth-order valence-corrected chi connectivity index (χ4v) is 2.13. The Balaban J connectivity index is 2.76. The Labute approximate surface area is 90.1 Å². The van der Waals surface area contributed by atoms with E-state index in [0.29, 0.717) is 0 Å².